The van der Waals surface area contributed by atoms with Crippen LogP contribution < -0.4 is 5.32 Å². The molecule has 1 aromatic rings. The summed E-state index contributed by atoms with van der Waals surface area (Å²) in [6, 6.07) is 8.32. The van der Waals surface area contributed by atoms with E-state index in [0.29, 0.717) is 26.1 Å². The summed E-state index contributed by atoms with van der Waals surface area (Å²) in [5.41, 5.74) is 2.30. The predicted molar refractivity (Wildman–Crippen MR) is 94.2 cm³/mol. The van der Waals surface area contributed by atoms with Crippen LogP contribution in [0.4, 0.5) is 4.79 Å². The Kier molecular flexibility index (Phi) is 5.86. The molecule has 0 bridgehead atoms. The molecule has 0 radical (unpaired) electrons. The van der Waals surface area contributed by atoms with Gasteiger partial charge in [-0.25, -0.2) is 4.79 Å². The third-order valence-corrected chi connectivity index (χ3v) is 4.88. The Morgan fingerprint density at radius 3 is 2.54 bits per heavy atom. The highest BCUT2D eigenvalue weighted by atomic mass is 16.4. The molecule has 1 aliphatic rings. The fourth-order valence-corrected chi connectivity index (χ4v) is 3.07. The molecule has 2 rings (SSSR count). The first-order valence-corrected chi connectivity index (χ1v) is 8.68. The normalized spacial score (nSPS) is 18.3. The van der Waals surface area contributed by atoms with Gasteiger partial charge in [-0.3, -0.25) is 4.79 Å². The van der Waals surface area contributed by atoms with Crippen LogP contribution in [0.2, 0.25) is 0 Å². The van der Waals surface area contributed by atoms with Gasteiger partial charge in [-0.15, -0.1) is 0 Å². The number of nitrogens with one attached hydrogen (secondary N) is 1. The summed E-state index contributed by atoms with van der Waals surface area (Å²) in [7, 11) is 0. The van der Waals surface area contributed by atoms with E-state index in [-0.39, 0.29) is 11.4 Å². The van der Waals surface area contributed by atoms with Crippen molar-refractivity contribution in [2.45, 2.75) is 45.4 Å². The number of piperidine rings is 1. The average Bonchev–Trinajstić information content (AvgIpc) is 2.60. The second-order valence-electron chi connectivity index (χ2n) is 7.22. The Hall–Kier alpha value is -2.04. The molecule has 5 heteroatoms. The molecule has 1 aliphatic heterocycles. The molecule has 2 N–H and O–H groups in total. The van der Waals surface area contributed by atoms with E-state index >= 15 is 0 Å². The molecule has 5 nitrogen and oxygen atoms in total. The van der Waals surface area contributed by atoms with Gasteiger partial charge >= 0.3 is 12.0 Å². The largest absolute Gasteiger partial charge is 0.481 e. The van der Waals surface area contributed by atoms with E-state index in [9.17, 15) is 9.59 Å². The van der Waals surface area contributed by atoms with Gasteiger partial charge in [-0.05, 0) is 30.4 Å². The Labute approximate surface area is 144 Å². The van der Waals surface area contributed by atoms with E-state index < -0.39 is 11.9 Å². The Morgan fingerprint density at radius 2 is 1.96 bits per heavy atom. The zero-order valence-corrected chi connectivity index (χ0v) is 14.8. The van der Waals surface area contributed by atoms with Crippen molar-refractivity contribution in [2.75, 3.05) is 19.6 Å². The van der Waals surface area contributed by atoms with E-state index in [1.165, 1.54) is 11.1 Å². The van der Waals surface area contributed by atoms with Gasteiger partial charge in [-0.1, -0.05) is 45.0 Å². The first-order chi connectivity index (χ1) is 11.3. The summed E-state index contributed by atoms with van der Waals surface area (Å²) in [4.78, 5) is 25.1. The van der Waals surface area contributed by atoms with Crippen LogP contribution in [0.3, 0.4) is 0 Å². The van der Waals surface area contributed by atoms with E-state index in [2.05, 4.69) is 50.4 Å². The number of carbonyl (C=O) groups is 2. The molecule has 1 heterocycles. The highest BCUT2D eigenvalue weighted by Crippen LogP contribution is 2.23. The minimum atomic E-state index is -0.816. The zero-order chi connectivity index (χ0) is 17.7. The van der Waals surface area contributed by atoms with Gasteiger partial charge in [0.25, 0.3) is 0 Å². The molecule has 2 amide bonds. The Morgan fingerprint density at radius 1 is 1.29 bits per heavy atom. The number of hydrogen-bond donors (Lipinski definition) is 2. The minimum absolute atomic E-state index is 0.167. The average molecular weight is 332 g/mol. The van der Waals surface area contributed by atoms with Crippen LogP contribution in [0.25, 0.3) is 0 Å². The minimum Gasteiger partial charge on any atom is -0.481 e. The van der Waals surface area contributed by atoms with Crippen molar-refractivity contribution in [3.05, 3.63) is 35.4 Å². The molecule has 1 fully saturated rings. The van der Waals surface area contributed by atoms with Crippen LogP contribution in [-0.2, 0) is 16.6 Å². The fraction of sp³-hybridized carbons (Fsp3) is 0.579. The van der Waals surface area contributed by atoms with Gasteiger partial charge in [0, 0.05) is 25.0 Å². The van der Waals surface area contributed by atoms with Crippen LogP contribution in [0.15, 0.2) is 24.3 Å². The molecule has 0 aliphatic carbocycles. The summed E-state index contributed by atoms with van der Waals surface area (Å²) < 4.78 is 0. The van der Waals surface area contributed by atoms with Crippen molar-refractivity contribution in [2.24, 2.45) is 5.92 Å². The van der Waals surface area contributed by atoms with Crippen molar-refractivity contribution >= 4 is 12.0 Å². The van der Waals surface area contributed by atoms with Gasteiger partial charge in [0.05, 0.1) is 5.92 Å². The number of carboxylic acids is 1. The summed E-state index contributed by atoms with van der Waals surface area (Å²) in [6.07, 6.45) is 2.40. The number of nitrogens with zero attached hydrogens (tertiary/aromatic N) is 1. The smallest absolute Gasteiger partial charge is 0.317 e. The highest BCUT2D eigenvalue weighted by Gasteiger charge is 2.29. The number of amides is 2. The summed E-state index contributed by atoms with van der Waals surface area (Å²) in [6.45, 7) is 7.78. The number of hydrogen-bond acceptors (Lipinski definition) is 2. The molecule has 0 saturated carbocycles. The molecule has 1 saturated heterocycles. The molecule has 0 aromatic heterocycles. The first kappa shape index (κ1) is 18.3. The molecule has 1 aromatic carbocycles. The van der Waals surface area contributed by atoms with Crippen LogP contribution >= 0.6 is 0 Å². The van der Waals surface area contributed by atoms with Crippen LogP contribution in [0.1, 0.15) is 44.7 Å². The van der Waals surface area contributed by atoms with E-state index in [0.717, 1.165) is 12.8 Å². The Balaban J connectivity index is 1.92. The predicted octanol–water partition coefficient (Wildman–Crippen LogP) is 3.03. The van der Waals surface area contributed by atoms with Crippen molar-refractivity contribution in [3.8, 4) is 0 Å². The number of rotatable bonds is 5. The lowest BCUT2D eigenvalue weighted by atomic mass is 9.84. The van der Waals surface area contributed by atoms with Crippen molar-refractivity contribution in [1.82, 2.24) is 10.2 Å². The highest BCUT2D eigenvalue weighted by molar-refractivity contribution is 5.76. The lowest BCUT2D eigenvalue weighted by Crippen LogP contribution is -2.49. The third-order valence-electron chi connectivity index (χ3n) is 4.88. The number of urea groups is 1. The summed E-state index contributed by atoms with van der Waals surface area (Å²) in [5, 5.41) is 12.1. The Bertz CT molecular complexity index is 581. The van der Waals surface area contributed by atoms with Gasteiger partial charge in [0.1, 0.15) is 0 Å². The number of benzene rings is 1. The number of aryl methyl sites for hydroxylation is 1. The van der Waals surface area contributed by atoms with Gasteiger partial charge < -0.3 is 15.3 Å². The number of aliphatic carboxylic acids is 1. The fourth-order valence-electron chi connectivity index (χ4n) is 3.07. The maximum Gasteiger partial charge on any atom is 0.317 e. The SMILES string of the molecule is CCc1ccc(C(C)(C)CNC(=O)N2CCCC(C(=O)O)C2)cc1. The summed E-state index contributed by atoms with van der Waals surface area (Å²) >= 11 is 0. The van der Waals surface area contributed by atoms with Crippen molar-refractivity contribution in [3.63, 3.8) is 0 Å². The number of carbonyl (C=O) groups excluding carboxylic acids is 1. The second kappa shape index (κ2) is 7.69. The van der Waals surface area contributed by atoms with Crippen LogP contribution in [0.5, 0.6) is 0 Å². The van der Waals surface area contributed by atoms with Gasteiger partial charge in [0.2, 0.25) is 0 Å². The van der Waals surface area contributed by atoms with E-state index in [1.54, 1.807) is 4.90 Å². The molecular formula is C19H28N2O3. The number of likely N-dealkylation sites (tertiary alicyclic amines) is 1. The summed E-state index contributed by atoms with van der Waals surface area (Å²) in [5.74, 6) is -1.26. The molecule has 24 heavy (non-hydrogen) atoms. The standard InChI is InChI=1S/C19H28N2O3/c1-4-14-7-9-16(10-8-14)19(2,3)13-20-18(24)21-11-5-6-15(12-21)17(22)23/h7-10,15H,4-6,11-13H2,1-3H3,(H,20,24)(H,22,23). The lowest BCUT2D eigenvalue weighted by molar-refractivity contribution is -0.143. The van der Waals surface area contributed by atoms with Crippen molar-refractivity contribution < 1.29 is 14.7 Å². The van der Waals surface area contributed by atoms with E-state index in [4.69, 9.17) is 5.11 Å². The monoisotopic (exact) mass is 332 g/mol. The van der Waals surface area contributed by atoms with Crippen molar-refractivity contribution in [1.29, 1.82) is 0 Å². The second-order valence-corrected chi connectivity index (χ2v) is 7.22. The molecule has 0 spiro atoms. The van der Waals surface area contributed by atoms with Crippen LogP contribution in [-0.4, -0.2) is 41.6 Å². The topological polar surface area (TPSA) is 69.6 Å². The molecular weight excluding hydrogens is 304 g/mol. The quantitative estimate of drug-likeness (QED) is 0.871. The molecule has 1 unspecified atom stereocenters. The maximum atomic E-state index is 12.4. The maximum absolute atomic E-state index is 12.4. The lowest BCUT2D eigenvalue weighted by Gasteiger charge is -2.32. The zero-order valence-electron chi connectivity index (χ0n) is 14.8. The first-order valence-electron chi connectivity index (χ1n) is 8.68. The van der Waals surface area contributed by atoms with E-state index in [1.807, 2.05) is 0 Å². The third kappa shape index (κ3) is 4.49. The van der Waals surface area contributed by atoms with Gasteiger partial charge in [0.15, 0.2) is 0 Å². The molecule has 1 atom stereocenters. The molecule has 132 valence electrons. The number of carboxylic acid groups (broad SMARTS) is 1. The van der Waals surface area contributed by atoms with Crippen LogP contribution in [0, 0.1) is 5.92 Å². The van der Waals surface area contributed by atoms with Gasteiger partial charge in [-0.2, -0.15) is 0 Å².